The highest BCUT2D eigenvalue weighted by molar-refractivity contribution is 6.32. The molecule has 4 aliphatic carbocycles. The number of carbonyl (C=O) groups excluding carboxylic acids is 2. The molecule has 0 N–H and O–H groups in total. The van der Waals surface area contributed by atoms with Gasteiger partial charge in [0.15, 0.2) is 5.78 Å². The van der Waals surface area contributed by atoms with Gasteiger partial charge in [-0.15, -0.1) is 0 Å². The molecule has 2 nitrogen and oxygen atoms in total. The van der Waals surface area contributed by atoms with E-state index in [2.05, 4.69) is 19.9 Å². The Kier molecular flexibility index (Phi) is 3.66. The van der Waals surface area contributed by atoms with Gasteiger partial charge in [0.1, 0.15) is 5.78 Å². The maximum absolute atomic E-state index is 12.2. The number of Topliss-reactive ketones (excluding diaryl/α,β-unsaturated/α-hetero) is 1. The van der Waals surface area contributed by atoms with Crippen molar-refractivity contribution in [1.82, 2.24) is 0 Å². The van der Waals surface area contributed by atoms with Gasteiger partial charge in [-0.3, -0.25) is 9.59 Å². The van der Waals surface area contributed by atoms with Crippen LogP contribution in [0.1, 0.15) is 59.3 Å². The van der Waals surface area contributed by atoms with E-state index in [0.29, 0.717) is 30.0 Å². The monoisotopic (exact) mass is 346 g/mol. The van der Waals surface area contributed by atoms with Gasteiger partial charge in [-0.05, 0) is 79.3 Å². The summed E-state index contributed by atoms with van der Waals surface area (Å²) >= 11 is 6.67. The number of ketones is 2. The van der Waals surface area contributed by atoms with Crippen molar-refractivity contribution in [2.75, 3.05) is 0 Å². The van der Waals surface area contributed by atoms with Gasteiger partial charge in [0.25, 0.3) is 0 Å². The lowest BCUT2D eigenvalue weighted by Crippen LogP contribution is -2.50. The van der Waals surface area contributed by atoms with E-state index < -0.39 is 0 Å². The number of rotatable bonds is 1. The summed E-state index contributed by atoms with van der Waals surface area (Å²) in [6.07, 6.45) is 10.0. The minimum Gasteiger partial charge on any atom is -0.300 e. The van der Waals surface area contributed by atoms with E-state index in [0.717, 1.165) is 42.7 Å². The van der Waals surface area contributed by atoms with Crippen molar-refractivity contribution >= 4 is 23.2 Å². The van der Waals surface area contributed by atoms with Gasteiger partial charge < -0.3 is 0 Å². The molecule has 0 spiro atoms. The third-order valence-corrected chi connectivity index (χ3v) is 8.38. The normalized spacial score (nSPS) is 47.2. The molecular weight excluding hydrogens is 320 g/mol. The van der Waals surface area contributed by atoms with Crippen LogP contribution in [0.15, 0.2) is 22.8 Å². The summed E-state index contributed by atoms with van der Waals surface area (Å²) in [6.45, 7) is 6.42. The second kappa shape index (κ2) is 5.30. The summed E-state index contributed by atoms with van der Waals surface area (Å²) in [6, 6.07) is 0. The molecule has 0 radical (unpaired) electrons. The van der Waals surface area contributed by atoms with Gasteiger partial charge in [0.05, 0.1) is 0 Å². The summed E-state index contributed by atoms with van der Waals surface area (Å²) < 4.78 is 0. The molecule has 130 valence electrons. The van der Waals surface area contributed by atoms with Crippen LogP contribution in [0.2, 0.25) is 0 Å². The lowest BCUT2D eigenvalue weighted by molar-refractivity contribution is -0.127. The molecule has 0 aromatic heterocycles. The molecule has 24 heavy (non-hydrogen) atoms. The molecule has 0 saturated heterocycles. The van der Waals surface area contributed by atoms with Crippen molar-refractivity contribution in [3.8, 4) is 0 Å². The SMILES string of the molecule is CC(=O)[C@H]1CC[C@H]2[C@@H]3C=C(Cl)C4=CC(=O)CC[C@@]4(C)[C@@H]3CC[C@]12C. The number of halogens is 1. The van der Waals surface area contributed by atoms with Crippen LogP contribution in [0.3, 0.4) is 0 Å². The Hall–Kier alpha value is -0.890. The Labute approximate surface area is 149 Å². The molecule has 0 aliphatic heterocycles. The maximum atomic E-state index is 12.2. The molecule has 4 rings (SSSR count). The Morgan fingerprint density at radius 2 is 1.92 bits per heavy atom. The van der Waals surface area contributed by atoms with Crippen molar-refractivity contribution in [2.24, 2.45) is 34.5 Å². The molecule has 3 heteroatoms. The van der Waals surface area contributed by atoms with Gasteiger partial charge in [0, 0.05) is 17.4 Å². The third-order valence-electron chi connectivity index (χ3n) is 8.05. The van der Waals surface area contributed by atoms with Crippen LogP contribution in [0.4, 0.5) is 0 Å². The molecule has 0 aromatic rings. The van der Waals surface area contributed by atoms with Gasteiger partial charge in [-0.25, -0.2) is 0 Å². The predicted octanol–water partition coefficient (Wildman–Crippen LogP) is 5.07. The van der Waals surface area contributed by atoms with Crippen LogP contribution in [-0.2, 0) is 9.59 Å². The van der Waals surface area contributed by atoms with Gasteiger partial charge >= 0.3 is 0 Å². The first-order valence-corrected chi connectivity index (χ1v) is 9.78. The van der Waals surface area contributed by atoms with Crippen LogP contribution in [0.5, 0.6) is 0 Å². The summed E-state index contributed by atoms with van der Waals surface area (Å²) in [5.74, 6) is 2.35. The van der Waals surface area contributed by atoms with Crippen LogP contribution >= 0.6 is 11.6 Å². The van der Waals surface area contributed by atoms with Crippen molar-refractivity contribution in [1.29, 1.82) is 0 Å². The fourth-order valence-corrected chi connectivity index (χ4v) is 7.16. The highest BCUT2D eigenvalue weighted by Gasteiger charge is 2.59. The molecule has 6 atom stereocenters. The van der Waals surface area contributed by atoms with Crippen LogP contribution in [0.25, 0.3) is 0 Å². The van der Waals surface area contributed by atoms with Crippen molar-refractivity contribution in [3.63, 3.8) is 0 Å². The van der Waals surface area contributed by atoms with Crippen LogP contribution in [0, 0.1) is 34.5 Å². The largest absolute Gasteiger partial charge is 0.300 e. The number of fused-ring (bicyclic) bond motifs is 5. The zero-order chi connectivity index (χ0) is 17.3. The summed E-state index contributed by atoms with van der Waals surface area (Å²) in [7, 11) is 0. The number of carbonyl (C=O) groups is 2. The van der Waals surface area contributed by atoms with E-state index in [1.807, 2.05) is 0 Å². The Bertz CT molecular complexity index is 675. The highest BCUT2D eigenvalue weighted by atomic mass is 35.5. The topological polar surface area (TPSA) is 34.1 Å². The lowest BCUT2D eigenvalue weighted by atomic mass is 9.48. The standard InChI is InChI=1S/C21H27ClO2/c1-12(23)15-4-5-16-14-11-19(22)18-10-13(24)6-8-21(18,3)17(14)7-9-20(15,16)2/h10-11,14-17H,4-9H2,1-3H3/t14-,15+,16-,17+,20+,21-/m0/s1. The molecule has 2 fully saturated rings. The summed E-state index contributed by atoms with van der Waals surface area (Å²) in [5.41, 5.74) is 1.23. The Morgan fingerprint density at radius 1 is 1.17 bits per heavy atom. The Morgan fingerprint density at radius 3 is 2.62 bits per heavy atom. The maximum Gasteiger partial charge on any atom is 0.156 e. The average molecular weight is 347 g/mol. The first kappa shape index (κ1) is 16.6. The van der Waals surface area contributed by atoms with E-state index >= 15 is 0 Å². The first-order chi connectivity index (χ1) is 11.3. The second-order valence-electron chi connectivity index (χ2n) is 9.03. The van der Waals surface area contributed by atoms with E-state index in [9.17, 15) is 9.59 Å². The predicted molar refractivity (Wildman–Crippen MR) is 95.6 cm³/mol. The average Bonchev–Trinajstić information content (AvgIpc) is 2.87. The number of hydrogen-bond donors (Lipinski definition) is 0. The fourth-order valence-electron chi connectivity index (χ4n) is 6.74. The molecule has 0 heterocycles. The van der Waals surface area contributed by atoms with Crippen LogP contribution in [-0.4, -0.2) is 11.6 Å². The second-order valence-corrected chi connectivity index (χ2v) is 9.44. The minimum absolute atomic E-state index is 0.0278. The minimum atomic E-state index is 0.0278. The quantitative estimate of drug-likeness (QED) is 0.664. The molecule has 2 saturated carbocycles. The third kappa shape index (κ3) is 2.08. The van der Waals surface area contributed by atoms with Gasteiger partial charge in [-0.2, -0.15) is 0 Å². The number of hydrogen-bond acceptors (Lipinski definition) is 2. The van der Waals surface area contributed by atoms with Crippen molar-refractivity contribution in [2.45, 2.75) is 59.3 Å². The fraction of sp³-hybridized carbons (Fsp3) is 0.714. The van der Waals surface area contributed by atoms with E-state index in [-0.39, 0.29) is 22.5 Å². The molecule has 0 aromatic carbocycles. The zero-order valence-corrected chi connectivity index (χ0v) is 15.7. The van der Waals surface area contributed by atoms with E-state index in [1.54, 1.807) is 13.0 Å². The highest BCUT2D eigenvalue weighted by Crippen LogP contribution is 2.66. The smallest absolute Gasteiger partial charge is 0.156 e. The van der Waals surface area contributed by atoms with Crippen molar-refractivity contribution < 1.29 is 9.59 Å². The Balaban J connectivity index is 1.77. The summed E-state index contributed by atoms with van der Waals surface area (Å²) in [5, 5.41) is 0.794. The van der Waals surface area contributed by atoms with Crippen LogP contribution < -0.4 is 0 Å². The lowest BCUT2D eigenvalue weighted by Gasteiger charge is -2.56. The van der Waals surface area contributed by atoms with Gasteiger partial charge in [-0.1, -0.05) is 31.5 Å². The molecule has 0 amide bonds. The molecule has 0 unspecified atom stereocenters. The van der Waals surface area contributed by atoms with E-state index in [4.69, 9.17) is 11.6 Å². The first-order valence-electron chi connectivity index (χ1n) is 9.40. The van der Waals surface area contributed by atoms with Gasteiger partial charge in [0.2, 0.25) is 0 Å². The zero-order valence-electron chi connectivity index (χ0n) is 14.9. The summed E-state index contributed by atoms with van der Waals surface area (Å²) in [4.78, 5) is 24.1. The molecular formula is C21H27ClO2. The molecule has 4 aliphatic rings. The van der Waals surface area contributed by atoms with Crippen molar-refractivity contribution in [3.05, 3.63) is 22.8 Å². The molecule has 0 bridgehead atoms. The van der Waals surface area contributed by atoms with E-state index in [1.165, 1.54) is 0 Å². The number of allylic oxidation sites excluding steroid dienone is 4.